The molecule has 0 radical (unpaired) electrons. The van der Waals surface area contributed by atoms with Gasteiger partial charge in [-0.05, 0) is 51.7 Å². The van der Waals surface area contributed by atoms with Crippen LogP contribution in [0.15, 0.2) is 0 Å². The van der Waals surface area contributed by atoms with Gasteiger partial charge in [-0.25, -0.2) is 4.79 Å². The lowest BCUT2D eigenvalue weighted by molar-refractivity contribution is -0.140. The quantitative estimate of drug-likeness (QED) is 0.507. The van der Waals surface area contributed by atoms with Crippen LogP contribution in [0.1, 0.15) is 60.8 Å². The molecule has 0 aliphatic heterocycles. The second kappa shape index (κ2) is 9.57. The first-order valence-electron chi connectivity index (χ1n) is 8.88. The molecule has 1 amide bonds. The lowest BCUT2D eigenvalue weighted by atomic mass is 10.1. The highest BCUT2D eigenvalue weighted by atomic mass is 28.4. The van der Waals surface area contributed by atoms with Gasteiger partial charge in [-0.1, -0.05) is 20.8 Å². The fourth-order valence-electron chi connectivity index (χ4n) is 1.79. The van der Waals surface area contributed by atoms with E-state index in [2.05, 4.69) is 43.9 Å². The number of hydrogen-bond donors (Lipinski definition) is 1. The predicted octanol–water partition coefficient (Wildman–Crippen LogP) is 4.24. The van der Waals surface area contributed by atoms with E-state index in [-0.39, 0.29) is 17.0 Å². The third kappa shape index (κ3) is 10.5. The number of rotatable bonds is 8. The number of esters is 1. The molecule has 25 heavy (non-hydrogen) atoms. The second-order valence-corrected chi connectivity index (χ2v) is 13.7. The van der Waals surface area contributed by atoms with Crippen molar-refractivity contribution in [2.45, 2.75) is 90.6 Å². The summed E-state index contributed by atoms with van der Waals surface area (Å²) < 4.78 is 16.2. The van der Waals surface area contributed by atoms with Crippen LogP contribution in [-0.2, 0) is 18.7 Å². The number of alkyl carbamates (subject to hydrolysis) is 1. The third-order valence-corrected chi connectivity index (χ3v) is 8.83. The molecular weight excluding hydrogens is 338 g/mol. The van der Waals surface area contributed by atoms with Gasteiger partial charge in [0.15, 0.2) is 8.32 Å². The van der Waals surface area contributed by atoms with Crippen LogP contribution >= 0.6 is 0 Å². The van der Waals surface area contributed by atoms with Gasteiger partial charge in [0.05, 0.1) is 19.8 Å². The Morgan fingerprint density at radius 2 is 1.64 bits per heavy atom. The highest BCUT2D eigenvalue weighted by Gasteiger charge is 2.37. The van der Waals surface area contributed by atoms with E-state index >= 15 is 0 Å². The summed E-state index contributed by atoms with van der Waals surface area (Å²) in [4.78, 5) is 23.4. The van der Waals surface area contributed by atoms with Gasteiger partial charge >= 0.3 is 12.1 Å². The Bertz CT molecular complexity index is 438. The van der Waals surface area contributed by atoms with Crippen molar-refractivity contribution in [2.75, 3.05) is 13.7 Å². The molecule has 0 aromatic rings. The van der Waals surface area contributed by atoms with Crippen LogP contribution in [-0.4, -0.2) is 45.7 Å². The largest absolute Gasteiger partial charge is 0.469 e. The standard InChI is InChI=1S/C18H37NO5Si/c1-17(2,3)24-16(21)19-14(11-10-12-15(20)22-7)13-23-25(8,9)18(4,5)6/h14H,10-13H2,1-9H3,(H,19,21)/t14-/m1/s1. The molecule has 0 saturated heterocycles. The van der Waals surface area contributed by atoms with Crippen LogP contribution in [0.2, 0.25) is 18.1 Å². The smallest absolute Gasteiger partial charge is 0.407 e. The van der Waals surface area contributed by atoms with Gasteiger partial charge in [-0.15, -0.1) is 0 Å². The summed E-state index contributed by atoms with van der Waals surface area (Å²) in [6.45, 7) is 16.8. The van der Waals surface area contributed by atoms with E-state index in [1.807, 2.05) is 20.8 Å². The lowest BCUT2D eigenvalue weighted by Crippen LogP contribution is -2.47. The number of carbonyl (C=O) groups excluding carboxylic acids is 2. The summed E-state index contributed by atoms with van der Waals surface area (Å²) in [5.41, 5.74) is -0.555. The number of ether oxygens (including phenoxy) is 2. The summed E-state index contributed by atoms with van der Waals surface area (Å²) in [5, 5.41) is 2.97. The lowest BCUT2D eigenvalue weighted by Gasteiger charge is -2.37. The number of methoxy groups -OCH3 is 1. The molecule has 0 spiro atoms. The molecule has 7 heteroatoms. The van der Waals surface area contributed by atoms with Gasteiger partial charge < -0.3 is 19.2 Å². The monoisotopic (exact) mass is 375 g/mol. The van der Waals surface area contributed by atoms with Gasteiger partial charge in [0, 0.05) is 6.42 Å². The maximum Gasteiger partial charge on any atom is 0.407 e. The van der Waals surface area contributed by atoms with Gasteiger partial charge in [0.2, 0.25) is 0 Å². The zero-order valence-corrected chi connectivity index (χ0v) is 18.4. The van der Waals surface area contributed by atoms with E-state index in [0.29, 0.717) is 25.9 Å². The number of nitrogens with one attached hydrogen (secondary N) is 1. The minimum absolute atomic E-state index is 0.0927. The fourth-order valence-corrected chi connectivity index (χ4v) is 2.84. The van der Waals surface area contributed by atoms with E-state index < -0.39 is 20.0 Å². The van der Waals surface area contributed by atoms with E-state index in [1.54, 1.807) is 0 Å². The molecule has 0 heterocycles. The average Bonchev–Trinajstić information content (AvgIpc) is 2.41. The molecule has 0 bridgehead atoms. The SMILES string of the molecule is COC(=O)CCC[C@H](CO[Si](C)(C)C(C)(C)C)NC(=O)OC(C)(C)C. The van der Waals surface area contributed by atoms with E-state index in [4.69, 9.17) is 9.16 Å². The zero-order chi connectivity index (χ0) is 19.9. The van der Waals surface area contributed by atoms with Crippen LogP contribution in [0.3, 0.4) is 0 Å². The average molecular weight is 376 g/mol. The van der Waals surface area contributed by atoms with Gasteiger partial charge in [-0.2, -0.15) is 0 Å². The summed E-state index contributed by atoms with van der Waals surface area (Å²) in [6.07, 6.45) is 1.11. The van der Waals surface area contributed by atoms with Crippen molar-refractivity contribution < 1.29 is 23.5 Å². The highest BCUT2D eigenvalue weighted by molar-refractivity contribution is 6.74. The topological polar surface area (TPSA) is 73.9 Å². The molecule has 0 aliphatic carbocycles. The summed E-state index contributed by atoms with van der Waals surface area (Å²) in [6, 6.07) is -0.200. The van der Waals surface area contributed by atoms with Gasteiger partial charge in [-0.3, -0.25) is 4.79 Å². The molecule has 0 fully saturated rings. The van der Waals surface area contributed by atoms with Crippen LogP contribution in [0.5, 0.6) is 0 Å². The molecule has 1 atom stereocenters. The van der Waals surface area contributed by atoms with Crippen LogP contribution in [0.25, 0.3) is 0 Å². The minimum atomic E-state index is -1.92. The van der Waals surface area contributed by atoms with Crippen LogP contribution in [0, 0.1) is 0 Å². The van der Waals surface area contributed by atoms with Crippen LogP contribution < -0.4 is 5.32 Å². The van der Waals surface area contributed by atoms with Crippen molar-refractivity contribution in [3.8, 4) is 0 Å². The summed E-state index contributed by atoms with van der Waals surface area (Å²) in [5.74, 6) is -0.249. The van der Waals surface area contributed by atoms with Crippen molar-refractivity contribution in [1.82, 2.24) is 5.32 Å². The summed E-state index contributed by atoms with van der Waals surface area (Å²) in [7, 11) is -0.543. The maximum atomic E-state index is 12.1. The number of amides is 1. The van der Waals surface area contributed by atoms with Crippen molar-refractivity contribution in [3.63, 3.8) is 0 Å². The second-order valence-electron chi connectivity index (χ2n) is 8.88. The Labute approximate surface area is 154 Å². The zero-order valence-electron chi connectivity index (χ0n) is 17.4. The molecule has 0 rings (SSSR count). The fraction of sp³-hybridized carbons (Fsp3) is 0.889. The number of hydrogen-bond acceptors (Lipinski definition) is 5. The Morgan fingerprint density at radius 1 is 1.08 bits per heavy atom. The molecular formula is C18H37NO5Si. The minimum Gasteiger partial charge on any atom is -0.469 e. The first-order valence-corrected chi connectivity index (χ1v) is 11.8. The van der Waals surface area contributed by atoms with Gasteiger partial charge in [0.25, 0.3) is 0 Å². The Balaban J connectivity index is 4.77. The first-order chi connectivity index (χ1) is 11.2. The van der Waals surface area contributed by atoms with Crippen molar-refractivity contribution >= 4 is 20.4 Å². The Hall–Kier alpha value is -1.08. The number of carbonyl (C=O) groups is 2. The van der Waals surface area contributed by atoms with Crippen LogP contribution in [0.4, 0.5) is 4.79 Å². The normalized spacial score (nSPS) is 14.0. The first kappa shape index (κ1) is 23.9. The third-order valence-electron chi connectivity index (χ3n) is 4.33. The Kier molecular flexibility index (Phi) is 9.15. The molecule has 0 saturated carbocycles. The molecule has 148 valence electrons. The molecule has 0 aromatic heterocycles. The molecule has 6 nitrogen and oxygen atoms in total. The molecule has 0 unspecified atom stereocenters. The summed E-state index contributed by atoms with van der Waals surface area (Å²) >= 11 is 0. The van der Waals surface area contributed by atoms with Gasteiger partial charge in [0.1, 0.15) is 5.60 Å². The van der Waals surface area contributed by atoms with E-state index in [1.165, 1.54) is 7.11 Å². The molecule has 1 N–H and O–H groups in total. The van der Waals surface area contributed by atoms with Crippen molar-refractivity contribution in [3.05, 3.63) is 0 Å². The predicted molar refractivity (Wildman–Crippen MR) is 102 cm³/mol. The van der Waals surface area contributed by atoms with E-state index in [9.17, 15) is 9.59 Å². The van der Waals surface area contributed by atoms with Crippen molar-refractivity contribution in [2.24, 2.45) is 0 Å². The highest BCUT2D eigenvalue weighted by Crippen LogP contribution is 2.36. The maximum absolute atomic E-state index is 12.1. The van der Waals surface area contributed by atoms with E-state index in [0.717, 1.165) is 0 Å². The molecule has 0 aliphatic rings. The molecule has 0 aromatic carbocycles. The van der Waals surface area contributed by atoms with Crippen molar-refractivity contribution in [1.29, 1.82) is 0 Å². The Morgan fingerprint density at radius 3 is 2.08 bits per heavy atom.